The number of methoxy groups -OCH3 is 1. The first-order valence-electron chi connectivity index (χ1n) is 5.67. The molecule has 0 spiro atoms. The van der Waals surface area contributed by atoms with Crippen molar-refractivity contribution in [2.45, 2.75) is 12.1 Å². The molecule has 1 aromatic carbocycles. The molecule has 19 heavy (non-hydrogen) atoms. The maximum atomic E-state index is 11.7. The van der Waals surface area contributed by atoms with Gasteiger partial charge in [-0.2, -0.15) is 0 Å². The van der Waals surface area contributed by atoms with Gasteiger partial charge in [0.25, 0.3) is 0 Å². The molecular formula is C12H18NO5P. The van der Waals surface area contributed by atoms with Crippen molar-refractivity contribution in [2.75, 3.05) is 20.8 Å². The van der Waals surface area contributed by atoms with Crippen molar-refractivity contribution in [2.24, 2.45) is 0 Å². The molecule has 0 aliphatic heterocycles. The lowest BCUT2D eigenvalue weighted by molar-refractivity contribution is -0.145. The van der Waals surface area contributed by atoms with Gasteiger partial charge < -0.3 is 14.9 Å². The molecule has 0 saturated heterocycles. The van der Waals surface area contributed by atoms with Crippen LogP contribution >= 0.6 is 7.60 Å². The maximum absolute atomic E-state index is 11.7. The molecule has 0 aliphatic rings. The molecule has 1 rings (SSSR count). The summed E-state index contributed by atoms with van der Waals surface area (Å²) >= 11 is 0. The quantitative estimate of drug-likeness (QED) is 0.606. The van der Waals surface area contributed by atoms with Crippen molar-refractivity contribution in [3.8, 4) is 0 Å². The van der Waals surface area contributed by atoms with Gasteiger partial charge in [-0.15, -0.1) is 0 Å². The maximum Gasteiger partial charge on any atom is 0.325 e. The number of nitrogens with one attached hydrogen (secondary N) is 1. The lowest BCUT2D eigenvalue weighted by Gasteiger charge is -2.26. The monoisotopic (exact) mass is 287 g/mol. The van der Waals surface area contributed by atoms with Gasteiger partial charge in [0, 0.05) is 6.66 Å². The Labute approximate surface area is 112 Å². The Bertz CT molecular complexity index is 458. The van der Waals surface area contributed by atoms with Gasteiger partial charge in [-0.3, -0.25) is 13.9 Å². The van der Waals surface area contributed by atoms with Crippen molar-refractivity contribution in [1.82, 2.24) is 5.32 Å². The third kappa shape index (κ3) is 4.76. The fourth-order valence-corrected chi connectivity index (χ4v) is 2.35. The summed E-state index contributed by atoms with van der Waals surface area (Å²) in [7, 11) is -0.949. The number of carbonyl (C=O) groups excluding carboxylic acids is 1. The molecule has 0 radical (unpaired) electrons. The molecular weight excluding hydrogens is 269 g/mol. The molecule has 0 saturated carbocycles. The summed E-state index contributed by atoms with van der Waals surface area (Å²) in [5.74, 6) is -0.565. The first-order chi connectivity index (χ1) is 8.89. The molecule has 106 valence electrons. The number of rotatable bonds is 6. The SMILES string of the molecule is CNC(C(=O)OC)C(OP(C)(=O)O)c1ccccc1. The zero-order chi connectivity index (χ0) is 14.5. The summed E-state index contributed by atoms with van der Waals surface area (Å²) in [6.45, 7) is 1.08. The highest BCUT2D eigenvalue weighted by Gasteiger charge is 2.33. The van der Waals surface area contributed by atoms with E-state index in [0.29, 0.717) is 5.56 Å². The van der Waals surface area contributed by atoms with E-state index in [0.717, 1.165) is 6.66 Å². The van der Waals surface area contributed by atoms with E-state index >= 15 is 0 Å². The number of esters is 1. The highest BCUT2D eigenvalue weighted by atomic mass is 31.2. The Morgan fingerprint density at radius 3 is 2.37 bits per heavy atom. The minimum atomic E-state index is -3.75. The first kappa shape index (κ1) is 15.9. The van der Waals surface area contributed by atoms with Crippen LogP contribution in [-0.2, 0) is 18.6 Å². The van der Waals surface area contributed by atoms with E-state index in [-0.39, 0.29) is 0 Å². The summed E-state index contributed by atoms with van der Waals surface area (Å²) < 4.78 is 21.3. The van der Waals surface area contributed by atoms with Crippen LogP contribution in [-0.4, -0.2) is 37.7 Å². The molecule has 0 bridgehead atoms. The first-order valence-corrected chi connectivity index (χ1v) is 7.70. The predicted octanol–water partition coefficient (Wildman–Crippen LogP) is 1.32. The van der Waals surface area contributed by atoms with Crippen LogP contribution in [0.2, 0.25) is 0 Å². The van der Waals surface area contributed by atoms with Crippen LogP contribution in [0.15, 0.2) is 30.3 Å². The Kier molecular flexibility index (Phi) is 5.69. The molecule has 1 aromatic rings. The van der Waals surface area contributed by atoms with E-state index in [1.807, 2.05) is 0 Å². The molecule has 0 amide bonds. The van der Waals surface area contributed by atoms with Crippen molar-refractivity contribution in [1.29, 1.82) is 0 Å². The van der Waals surface area contributed by atoms with Crippen molar-refractivity contribution in [3.63, 3.8) is 0 Å². The van der Waals surface area contributed by atoms with Crippen LogP contribution in [0.25, 0.3) is 0 Å². The number of likely N-dealkylation sites (N-methyl/N-ethyl adjacent to an activating group) is 1. The second-order valence-corrected chi connectivity index (χ2v) is 5.85. The second-order valence-electron chi connectivity index (χ2n) is 4.03. The van der Waals surface area contributed by atoms with E-state index in [1.165, 1.54) is 7.11 Å². The van der Waals surface area contributed by atoms with Crippen LogP contribution in [0.4, 0.5) is 0 Å². The van der Waals surface area contributed by atoms with Crippen molar-refractivity contribution >= 4 is 13.6 Å². The van der Waals surface area contributed by atoms with Gasteiger partial charge in [0.15, 0.2) is 0 Å². The van der Waals surface area contributed by atoms with Crippen LogP contribution in [0.3, 0.4) is 0 Å². The molecule has 2 N–H and O–H groups in total. The Morgan fingerprint density at radius 1 is 1.37 bits per heavy atom. The van der Waals surface area contributed by atoms with Gasteiger partial charge in [-0.1, -0.05) is 30.3 Å². The van der Waals surface area contributed by atoms with Gasteiger partial charge in [0.2, 0.25) is 0 Å². The van der Waals surface area contributed by atoms with Gasteiger partial charge in [0.05, 0.1) is 7.11 Å². The fraction of sp³-hybridized carbons (Fsp3) is 0.417. The van der Waals surface area contributed by atoms with E-state index < -0.39 is 25.7 Å². The van der Waals surface area contributed by atoms with Crippen molar-refractivity contribution < 1.29 is 23.5 Å². The van der Waals surface area contributed by atoms with Crippen LogP contribution in [0, 0.1) is 0 Å². The third-order valence-corrected chi connectivity index (χ3v) is 3.12. The Hall–Kier alpha value is -1.20. The number of ether oxygens (including phenoxy) is 1. The number of carbonyl (C=O) groups is 1. The summed E-state index contributed by atoms with van der Waals surface area (Å²) in [5.41, 5.74) is 0.614. The summed E-state index contributed by atoms with van der Waals surface area (Å²) in [6, 6.07) is 7.88. The van der Waals surface area contributed by atoms with E-state index in [1.54, 1.807) is 37.4 Å². The normalized spacial score (nSPS) is 17.3. The zero-order valence-electron chi connectivity index (χ0n) is 11.1. The largest absolute Gasteiger partial charge is 0.468 e. The van der Waals surface area contributed by atoms with Gasteiger partial charge in [0.1, 0.15) is 12.1 Å². The average Bonchev–Trinajstić information content (AvgIpc) is 2.37. The van der Waals surface area contributed by atoms with Gasteiger partial charge >= 0.3 is 13.6 Å². The minimum Gasteiger partial charge on any atom is -0.468 e. The molecule has 0 heterocycles. The second kappa shape index (κ2) is 6.82. The lowest BCUT2D eigenvalue weighted by atomic mass is 10.0. The van der Waals surface area contributed by atoms with E-state index in [4.69, 9.17) is 4.52 Å². The highest BCUT2D eigenvalue weighted by Crippen LogP contribution is 2.44. The van der Waals surface area contributed by atoms with Crippen molar-refractivity contribution in [3.05, 3.63) is 35.9 Å². The summed E-state index contributed by atoms with van der Waals surface area (Å²) in [4.78, 5) is 21.1. The average molecular weight is 287 g/mol. The molecule has 0 aromatic heterocycles. The van der Waals surface area contributed by atoms with Gasteiger partial charge in [-0.05, 0) is 12.6 Å². The van der Waals surface area contributed by atoms with Crippen LogP contribution in [0.5, 0.6) is 0 Å². The standard InChI is InChI=1S/C12H18NO5P/c1-13-10(12(14)17-2)11(18-19(3,15)16)9-7-5-4-6-8-9/h4-8,10-11,13H,1-3H3,(H,15,16). The van der Waals surface area contributed by atoms with E-state index in [2.05, 4.69) is 10.1 Å². The van der Waals surface area contributed by atoms with Crippen LogP contribution < -0.4 is 5.32 Å². The molecule has 3 unspecified atom stereocenters. The third-order valence-electron chi connectivity index (χ3n) is 2.51. The number of hydrogen-bond acceptors (Lipinski definition) is 5. The number of benzene rings is 1. The summed E-state index contributed by atoms with van der Waals surface area (Å²) in [5, 5.41) is 2.74. The van der Waals surface area contributed by atoms with E-state index in [9.17, 15) is 14.3 Å². The van der Waals surface area contributed by atoms with Crippen LogP contribution in [0.1, 0.15) is 11.7 Å². The smallest absolute Gasteiger partial charge is 0.325 e. The molecule has 7 heteroatoms. The molecule has 6 nitrogen and oxygen atoms in total. The fourth-order valence-electron chi connectivity index (χ4n) is 1.69. The molecule has 0 aliphatic carbocycles. The zero-order valence-corrected chi connectivity index (χ0v) is 12.0. The Balaban J connectivity index is 3.11. The minimum absolute atomic E-state index is 0.565. The molecule has 3 atom stereocenters. The topological polar surface area (TPSA) is 84.9 Å². The van der Waals surface area contributed by atoms with Gasteiger partial charge in [-0.25, -0.2) is 0 Å². The Morgan fingerprint density at radius 2 is 1.95 bits per heavy atom. The highest BCUT2D eigenvalue weighted by molar-refractivity contribution is 7.51. The summed E-state index contributed by atoms with van der Waals surface area (Å²) in [6.07, 6.45) is -0.903. The lowest BCUT2D eigenvalue weighted by Crippen LogP contribution is -2.41. The molecule has 0 fully saturated rings. The predicted molar refractivity (Wildman–Crippen MR) is 70.9 cm³/mol. The number of hydrogen-bond donors (Lipinski definition) is 2.